The maximum Gasteiger partial charge on any atom is 0.177 e. The summed E-state index contributed by atoms with van der Waals surface area (Å²) < 4.78 is 26.2. The number of rotatable bonds is 3. The first-order chi connectivity index (χ1) is 8.47. The molecule has 0 saturated heterocycles. The van der Waals surface area contributed by atoms with E-state index in [2.05, 4.69) is 0 Å². The predicted molar refractivity (Wildman–Crippen MR) is 68.2 cm³/mol. The molecule has 1 aromatic carbocycles. The molecule has 0 spiro atoms. The molecule has 1 nitrogen and oxygen atoms in total. The van der Waals surface area contributed by atoms with Gasteiger partial charge in [0.25, 0.3) is 0 Å². The van der Waals surface area contributed by atoms with Gasteiger partial charge in [0.2, 0.25) is 0 Å². The van der Waals surface area contributed by atoms with Gasteiger partial charge < -0.3 is 0 Å². The number of hydrogen-bond donors (Lipinski definition) is 0. The van der Waals surface area contributed by atoms with Gasteiger partial charge in [-0.25, -0.2) is 8.78 Å². The maximum absolute atomic E-state index is 13.4. The highest BCUT2D eigenvalue weighted by Crippen LogP contribution is 2.23. The van der Waals surface area contributed by atoms with E-state index in [0.29, 0.717) is 4.88 Å². The van der Waals surface area contributed by atoms with Crippen molar-refractivity contribution in [3.8, 4) is 0 Å². The van der Waals surface area contributed by atoms with Gasteiger partial charge in [-0.2, -0.15) is 0 Å². The van der Waals surface area contributed by atoms with Crippen molar-refractivity contribution in [3.05, 3.63) is 56.8 Å². The van der Waals surface area contributed by atoms with E-state index >= 15 is 0 Å². The lowest BCUT2D eigenvalue weighted by Crippen LogP contribution is -2.04. The molecule has 2 rings (SSSR count). The highest BCUT2D eigenvalue weighted by Gasteiger charge is 2.15. The SMILES string of the molecule is Cc1cc(C)c(C(=O)Cc2ccc(F)cc2F)s1. The minimum atomic E-state index is -0.672. The van der Waals surface area contributed by atoms with Crippen LogP contribution in [0.3, 0.4) is 0 Å². The fraction of sp³-hybridized carbons (Fsp3) is 0.214. The highest BCUT2D eigenvalue weighted by molar-refractivity contribution is 7.14. The molecule has 4 heteroatoms. The van der Waals surface area contributed by atoms with E-state index < -0.39 is 11.6 Å². The zero-order chi connectivity index (χ0) is 13.3. The topological polar surface area (TPSA) is 17.1 Å². The Hall–Kier alpha value is -1.55. The quantitative estimate of drug-likeness (QED) is 0.765. The van der Waals surface area contributed by atoms with E-state index in [1.807, 2.05) is 19.9 Å². The van der Waals surface area contributed by atoms with Crippen molar-refractivity contribution < 1.29 is 13.6 Å². The van der Waals surface area contributed by atoms with E-state index in [1.165, 1.54) is 17.4 Å². The maximum atomic E-state index is 13.4. The molecule has 0 amide bonds. The molecule has 94 valence electrons. The van der Waals surface area contributed by atoms with Crippen LogP contribution in [0.5, 0.6) is 0 Å². The van der Waals surface area contributed by atoms with E-state index in [9.17, 15) is 13.6 Å². The minimum Gasteiger partial charge on any atom is -0.293 e. The Morgan fingerprint density at radius 2 is 1.94 bits per heavy atom. The minimum absolute atomic E-state index is 0.0348. The lowest BCUT2D eigenvalue weighted by atomic mass is 10.1. The number of ketones is 1. The number of Topliss-reactive ketones (excluding diaryl/α,β-unsaturated/α-hetero) is 1. The summed E-state index contributed by atoms with van der Waals surface area (Å²) in [5.74, 6) is -1.43. The number of carbonyl (C=O) groups is 1. The number of thiophene rings is 1. The number of halogens is 2. The van der Waals surface area contributed by atoms with E-state index in [0.717, 1.165) is 22.6 Å². The van der Waals surface area contributed by atoms with Crippen LogP contribution in [0.4, 0.5) is 8.78 Å². The second-order valence-electron chi connectivity index (χ2n) is 4.20. The zero-order valence-corrected chi connectivity index (χ0v) is 10.9. The molecule has 1 aromatic heterocycles. The summed E-state index contributed by atoms with van der Waals surface area (Å²) in [4.78, 5) is 13.7. The fourth-order valence-electron chi connectivity index (χ4n) is 1.84. The van der Waals surface area contributed by atoms with Crippen LogP contribution in [0.15, 0.2) is 24.3 Å². The van der Waals surface area contributed by atoms with Gasteiger partial charge in [0, 0.05) is 17.4 Å². The second kappa shape index (κ2) is 4.98. The van der Waals surface area contributed by atoms with Gasteiger partial charge in [-0.05, 0) is 37.1 Å². The van der Waals surface area contributed by atoms with Gasteiger partial charge in [-0.1, -0.05) is 6.07 Å². The lowest BCUT2D eigenvalue weighted by molar-refractivity contribution is 0.0995. The summed E-state index contributed by atoms with van der Waals surface area (Å²) in [6, 6.07) is 5.21. The normalized spacial score (nSPS) is 10.7. The van der Waals surface area contributed by atoms with Crippen LogP contribution in [-0.4, -0.2) is 5.78 Å². The molecule has 0 atom stereocenters. The average molecular weight is 266 g/mol. The van der Waals surface area contributed by atoms with Crippen LogP contribution in [0.1, 0.15) is 25.7 Å². The fourth-order valence-corrected chi connectivity index (χ4v) is 2.80. The van der Waals surface area contributed by atoms with Gasteiger partial charge in [-0.3, -0.25) is 4.79 Å². The molecule has 0 aliphatic carbocycles. The Labute approximate surface area is 108 Å². The smallest absolute Gasteiger partial charge is 0.177 e. The first kappa shape index (κ1) is 12.9. The molecule has 0 unspecified atom stereocenters. The van der Waals surface area contributed by atoms with Crippen molar-refractivity contribution in [1.29, 1.82) is 0 Å². The third-order valence-electron chi connectivity index (χ3n) is 2.66. The summed E-state index contributed by atoms with van der Waals surface area (Å²) in [6.45, 7) is 3.78. The Morgan fingerprint density at radius 1 is 1.22 bits per heavy atom. The van der Waals surface area contributed by atoms with Gasteiger partial charge in [0.15, 0.2) is 5.78 Å². The van der Waals surface area contributed by atoms with Crippen molar-refractivity contribution in [2.45, 2.75) is 20.3 Å². The molecule has 0 aliphatic rings. The van der Waals surface area contributed by atoms with E-state index in [-0.39, 0.29) is 17.8 Å². The first-order valence-corrected chi connectivity index (χ1v) is 6.33. The third-order valence-corrected chi connectivity index (χ3v) is 3.85. The molecule has 18 heavy (non-hydrogen) atoms. The zero-order valence-electron chi connectivity index (χ0n) is 10.1. The standard InChI is InChI=1S/C14H12F2OS/c1-8-5-9(2)18-14(8)13(17)6-10-3-4-11(15)7-12(10)16/h3-5,7H,6H2,1-2H3. The average Bonchev–Trinajstić information content (AvgIpc) is 2.62. The monoisotopic (exact) mass is 266 g/mol. The Bertz CT molecular complexity index is 602. The van der Waals surface area contributed by atoms with Gasteiger partial charge in [0.1, 0.15) is 11.6 Å². The summed E-state index contributed by atoms with van der Waals surface area (Å²) in [6.07, 6.45) is -0.0348. The molecule has 0 saturated carbocycles. The highest BCUT2D eigenvalue weighted by atomic mass is 32.1. The molecule has 0 N–H and O–H groups in total. The van der Waals surface area contributed by atoms with Crippen LogP contribution in [-0.2, 0) is 6.42 Å². The number of benzene rings is 1. The van der Waals surface area contributed by atoms with Crippen molar-refractivity contribution in [2.75, 3.05) is 0 Å². The lowest BCUT2D eigenvalue weighted by Gasteiger charge is -2.02. The Kier molecular flexibility index (Phi) is 3.57. The van der Waals surface area contributed by atoms with Crippen LogP contribution < -0.4 is 0 Å². The summed E-state index contributed by atoms with van der Waals surface area (Å²) in [5.41, 5.74) is 1.14. The van der Waals surface area contributed by atoms with Crippen LogP contribution in [0.25, 0.3) is 0 Å². The van der Waals surface area contributed by atoms with Crippen LogP contribution in [0.2, 0.25) is 0 Å². The van der Waals surface area contributed by atoms with Gasteiger partial charge >= 0.3 is 0 Å². The van der Waals surface area contributed by atoms with Gasteiger partial charge in [0.05, 0.1) is 4.88 Å². The van der Waals surface area contributed by atoms with Crippen LogP contribution in [0, 0.1) is 25.5 Å². The summed E-state index contributed by atoms with van der Waals surface area (Å²) >= 11 is 1.40. The molecule has 0 aliphatic heterocycles. The second-order valence-corrected chi connectivity index (χ2v) is 5.46. The van der Waals surface area contributed by atoms with E-state index in [4.69, 9.17) is 0 Å². The summed E-state index contributed by atoms with van der Waals surface area (Å²) in [7, 11) is 0. The molecule has 2 aromatic rings. The van der Waals surface area contributed by atoms with E-state index in [1.54, 1.807) is 0 Å². The predicted octanol–water partition coefficient (Wildman–Crippen LogP) is 4.07. The molecule has 0 bridgehead atoms. The Balaban J connectivity index is 2.24. The number of hydrogen-bond acceptors (Lipinski definition) is 2. The molecular weight excluding hydrogens is 254 g/mol. The summed E-state index contributed by atoms with van der Waals surface area (Å²) in [5, 5.41) is 0. The molecular formula is C14H12F2OS. The van der Waals surface area contributed by atoms with Crippen molar-refractivity contribution in [2.24, 2.45) is 0 Å². The molecule has 1 heterocycles. The first-order valence-electron chi connectivity index (χ1n) is 5.51. The Morgan fingerprint density at radius 3 is 2.50 bits per heavy atom. The number of aryl methyl sites for hydroxylation is 2. The van der Waals surface area contributed by atoms with Crippen molar-refractivity contribution >= 4 is 17.1 Å². The number of carbonyl (C=O) groups excluding carboxylic acids is 1. The van der Waals surface area contributed by atoms with Crippen LogP contribution >= 0.6 is 11.3 Å². The van der Waals surface area contributed by atoms with Crippen molar-refractivity contribution in [3.63, 3.8) is 0 Å². The largest absolute Gasteiger partial charge is 0.293 e. The third kappa shape index (κ3) is 2.64. The van der Waals surface area contributed by atoms with Crippen molar-refractivity contribution in [1.82, 2.24) is 0 Å². The molecule has 0 fully saturated rings. The molecule has 0 radical (unpaired) electrons. The van der Waals surface area contributed by atoms with Gasteiger partial charge in [-0.15, -0.1) is 11.3 Å².